The van der Waals surface area contributed by atoms with Crippen LogP contribution in [0.25, 0.3) is 0 Å². The minimum Gasteiger partial charge on any atom is -0.326 e. The molecular formula is C14H16N2S. The first-order valence-corrected chi connectivity index (χ1v) is 6.40. The number of pyridine rings is 1. The van der Waals surface area contributed by atoms with Crippen LogP contribution in [0.3, 0.4) is 0 Å². The van der Waals surface area contributed by atoms with E-state index in [2.05, 4.69) is 37.0 Å². The lowest BCUT2D eigenvalue weighted by molar-refractivity contribution is 1.00. The molecule has 88 valence electrons. The van der Waals surface area contributed by atoms with E-state index in [0.717, 1.165) is 10.5 Å². The number of rotatable bonds is 3. The van der Waals surface area contributed by atoms with Gasteiger partial charge in [-0.15, -0.1) is 0 Å². The fourth-order valence-electron chi connectivity index (χ4n) is 1.61. The SMILES string of the molecule is Cc1ccc(C)c(Sc2cnccc2CN)c1. The van der Waals surface area contributed by atoms with Crippen LogP contribution in [0.15, 0.2) is 46.5 Å². The average Bonchev–Trinajstić information content (AvgIpc) is 2.34. The monoisotopic (exact) mass is 244 g/mol. The molecule has 0 saturated heterocycles. The molecule has 2 aromatic rings. The number of benzene rings is 1. The standard InChI is InChI=1S/C14H16N2S/c1-10-3-4-11(2)13(7-10)17-14-9-16-6-5-12(14)8-15/h3-7,9H,8,15H2,1-2H3. The van der Waals surface area contributed by atoms with Gasteiger partial charge in [0.2, 0.25) is 0 Å². The first-order chi connectivity index (χ1) is 8.20. The summed E-state index contributed by atoms with van der Waals surface area (Å²) in [5.74, 6) is 0. The van der Waals surface area contributed by atoms with E-state index in [-0.39, 0.29) is 0 Å². The summed E-state index contributed by atoms with van der Waals surface area (Å²) >= 11 is 1.74. The van der Waals surface area contributed by atoms with E-state index in [9.17, 15) is 0 Å². The van der Waals surface area contributed by atoms with Crippen LogP contribution in [-0.4, -0.2) is 4.98 Å². The summed E-state index contributed by atoms with van der Waals surface area (Å²) in [6.07, 6.45) is 3.67. The number of aryl methyl sites for hydroxylation is 2. The molecule has 0 fully saturated rings. The molecule has 0 aliphatic carbocycles. The molecule has 0 bridgehead atoms. The van der Waals surface area contributed by atoms with Gasteiger partial charge in [0.15, 0.2) is 0 Å². The molecule has 0 spiro atoms. The van der Waals surface area contributed by atoms with Crippen LogP contribution < -0.4 is 5.73 Å². The van der Waals surface area contributed by atoms with Crippen molar-refractivity contribution in [2.45, 2.75) is 30.2 Å². The molecule has 0 saturated carbocycles. The summed E-state index contributed by atoms with van der Waals surface area (Å²) in [6, 6.07) is 8.46. The van der Waals surface area contributed by atoms with Crippen molar-refractivity contribution in [3.8, 4) is 0 Å². The van der Waals surface area contributed by atoms with E-state index >= 15 is 0 Å². The molecule has 1 heterocycles. The Bertz CT molecular complexity index is 523. The zero-order valence-corrected chi connectivity index (χ0v) is 10.9. The van der Waals surface area contributed by atoms with Gasteiger partial charge in [-0.2, -0.15) is 0 Å². The van der Waals surface area contributed by atoms with Crippen LogP contribution >= 0.6 is 11.8 Å². The lowest BCUT2D eigenvalue weighted by Crippen LogP contribution is -1.98. The Hall–Kier alpha value is -1.32. The van der Waals surface area contributed by atoms with Crippen LogP contribution in [-0.2, 0) is 6.54 Å². The van der Waals surface area contributed by atoms with Crippen molar-refractivity contribution in [3.63, 3.8) is 0 Å². The van der Waals surface area contributed by atoms with Gasteiger partial charge in [-0.25, -0.2) is 0 Å². The number of nitrogens with two attached hydrogens (primary N) is 1. The zero-order chi connectivity index (χ0) is 12.3. The predicted molar refractivity (Wildman–Crippen MR) is 72.2 cm³/mol. The van der Waals surface area contributed by atoms with Gasteiger partial charge in [0.05, 0.1) is 0 Å². The molecule has 0 atom stereocenters. The van der Waals surface area contributed by atoms with E-state index in [1.54, 1.807) is 18.0 Å². The third kappa shape index (κ3) is 2.87. The van der Waals surface area contributed by atoms with Gasteiger partial charge in [0.1, 0.15) is 0 Å². The van der Waals surface area contributed by atoms with Crippen molar-refractivity contribution in [2.24, 2.45) is 5.73 Å². The Kier molecular flexibility index (Phi) is 3.82. The highest BCUT2D eigenvalue weighted by molar-refractivity contribution is 7.99. The van der Waals surface area contributed by atoms with Crippen LogP contribution in [0.2, 0.25) is 0 Å². The van der Waals surface area contributed by atoms with Crippen LogP contribution in [0.5, 0.6) is 0 Å². The van der Waals surface area contributed by atoms with Crippen molar-refractivity contribution in [2.75, 3.05) is 0 Å². The summed E-state index contributed by atoms with van der Waals surface area (Å²) in [5, 5.41) is 0. The third-order valence-corrected chi connectivity index (χ3v) is 3.90. The number of aromatic nitrogens is 1. The Morgan fingerprint density at radius 3 is 2.76 bits per heavy atom. The largest absolute Gasteiger partial charge is 0.326 e. The molecule has 0 radical (unpaired) electrons. The van der Waals surface area contributed by atoms with Gasteiger partial charge in [0.25, 0.3) is 0 Å². The highest BCUT2D eigenvalue weighted by atomic mass is 32.2. The smallest absolute Gasteiger partial charge is 0.0410 e. The van der Waals surface area contributed by atoms with Gasteiger partial charge < -0.3 is 5.73 Å². The normalized spacial score (nSPS) is 10.5. The fraction of sp³-hybridized carbons (Fsp3) is 0.214. The predicted octanol–water partition coefficient (Wildman–Crippen LogP) is 3.31. The molecule has 0 unspecified atom stereocenters. The Morgan fingerprint density at radius 2 is 2.00 bits per heavy atom. The van der Waals surface area contributed by atoms with Crippen molar-refractivity contribution in [3.05, 3.63) is 53.3 Å². The first kappa shape index (κ1) is 12.1. The summed E-state index contributed by atoms with van der Waals surface area (Å²) in [5.41, 5.74) is 9.43. The average molecular weight is 244 g/mol. The quantitative estimate of drug-likeness (QED) is 0.900. The molecule has 3 heteroatoms. The fourth-order valence-corrected chi connectivity index (χ4v) is 2.71. The Morgan fingerprint density at radius 1 is 1.18 bits per heavy atom. The molecule has 0 aliphatic heterocycles. The summed E-state index contributed by atoms with van der Waals surface area (Å²) < 4.78 is 0. The molecule has 1 aromatic carbocycles. The lowest BCUT2D eigenvalue weighted by Gasteiger charge is -2.09. The van der Waals surface area contributed by atoms with Crippen molar-refractivity contribution >= 4 is 11.8 Å². The van der Waals surface area contributed by atoms with Crippen LogP contribution in [0.4, 0.5) is 0 Å². The van der Waals surface area contributed by atoms with Gasteiger partial charge in [-0.05, 0) is 42.7 Å². The van der Waals surface area contributed by atoms with Gasteiger partial charge in [-0.3, -0.25) is 4.98 Å². The molecule has 0 aliphatic rings. The highest BCUT2D eigenvalue weighted by Gasteiger charge is 2.05. The molecule has 17 heavy (non-hydrogen) atoms. The van der Waals surface area contributed by atoms with E-state index in [1.165, 1.54) is 16.0 Å². The summed E-state index contributed by atoms with van der Waals surface area (Å²) in [4.78, 5) is 6.58. The lowest BCUT2D eigenvalue weighted by atomic mass is 10.2. The topological polar surface area (TPSA) is 38.9 Å². The second-order valence-electron chi connectivity index (χ2n) is 4.06. The third-order valence-electron chi connectivity index (χ3n) is 2.65. The van der Waals surface area contributed by atoms with Gasteiger partial charge >= 0.3 is 0 Å². The maximum Gasteiger partial charge on any atom is 0.0410 e. The first-order valence-electron chi connectivity index (χ1n) is 5.59. The van der Waals surface area contributed by atoms with E-state index in [4.69, 9.17) is 5.73 Å². The molecule has 2 nitrogen and oxygen atoms in total. The molecule has 2 N–H and O–H groups in total. The van der Waals surface area contributed by atoms with Crippen molar-refractivity contribution in [1.82, 2.24) is 4.98 Å². The van der Waals surface area contributed by atoms with Crippen molar-refractivity contribution in [1.29, 1.82) is 0 Å². The Balaban J connectivity index is 2.34. The number of hydrogen-bond acceptors (Lipinski definition) is 3. The number of nitrogens with zero attached hydrogens (tertiary/aromatic N) is 1. The highest BCUT2D eigenvalue weighted by Crippen LogP contribution is 2.32. The van der Waals surface area contributed by atoms with E-state index in [0.29, 0.717) is 6.54 Å². The molecule has 2 rings (SSSR count). The summed E-state index contributed by atoms with van der Waals surface area (Å²) in [7, 11) is 0. The van der Waals surface area contributed by atoms with Crippen molar-refractivity contribution < 1.29 is 0 Å². The maximum atomic E-state index is 5.73. The zero-order valence-electron chi connectivity index (χ0n) is 10.1. The second kappa shape index (κ2) is 5.34. The second-order valence-corrected chi connectivity index (χ2v) is 5.14. The van der Waals surface area contributed by atoms with E-state index in [1.807, 2.05) is 12.3 Å². The summed E-state index contributed by atoms with van der Waals surface area (Å²) in [6.45, 7) is 4.78. The minimum absolute atomic E-state index is 0.551. The number of hydrogen-bond donors (Lipinski definition) is 1. The minimum atomic E-state index is 0.551. The molecule has 0 amide bonds. The maximum absolute atomic E-state index is 5.73. The molecular weight excluding hydrogens is 228 g/mol. The Labute approximate surface area is 106 Å². The van der Waals surface area contributed by atoms with Crippen LogP contribution in [0.1, 0.15) is 16.7 Å². The molecule has 1 aromatic heterocycles. The van der Waals surface area contributed by atoms with E-state index < -0.39 is 0 Å². The van der Waals surface area contributed by atoms with Crippen LogP contribution in [0, 0.1) is 13.8 Å². The van der Waals surface area contributed by atoms with Gasteiger partial charge in [-0.1, -0.05) is 23.9 Å². The van der Waals surface area contributed by atoms with Gasteiger partial charge in [0, 0.05) is 28.7 Å².